The lowest BCUT2D eigenvalue weighted by molar-refractivity contribution is 0.0536. The molecule has 0 spiro atoms. The molecular formula is C29H27NO2. The first-order valence-electron chi connectivity index (χ1n) is 10.8. The minimum atomic E-state index is -0.586. The highest BCUT2D eigenvalue weighted by molar-refractivity contribution is 6.04. The van der Waals surface area contributed by atoms with Crippen LogP contribution in [0, 0.1) is 0 Å². The van der Waals surface area contributed by atoms with E-state index in [4.69, 9.17) is 4.74 Å². The van der Waals surface area contributed by atoms with E-state index in [9.17, 15) is 4.79 Å². The zero-order valence-corrected chi connectivity index (χ0v) is 18.7. The molecule has 0 fully saturated rings. The molecular weight excluding hydrogens is 394 g/mol. The SMILES string of the molecule is CC(C)(C)OC(=O)n1cccc1C(=C(c1ccccc1)c1ccccc1)c1ccccc1. The van der Waals surface area contributed by atoms with E-state index in [1.165, 1.54) is 0 Å². The summed E-state index contributed by atoms with van der Waals surface area (Å²) in [5, 5.41) is 0. The second-order valence-corrected chi connectivity index (χ2v) is 8.59. The van der Waals surface area contributed by atoms with Gasteiger partial charge in [0, 0.05) is 11.8 Å². The minimum Gasteiger partial charge on any atom is -0.443 e. The third kappa shape index (κ3) is 4.73. The summed E-state index contributed by atoms with van der Waals surface area (Å²) in [7, 11) is 0. The van der Waals surface area contributed by atoms with Gasteiger partial charge in [-0.3, -0.25) is 4.57 Å². The maximum atomic E-state index is 13.1. The van der Waals surface area contributed by atoms with Crippen LogP contribution in [-0.2, 0) is 4.74 Å². The Morgan fingerprint density at radius 3 is 1.50 bits per heavy atom. The van der Waals surface area contributed by atoms with Crippen LogP contribution in [0.5, 0.6) is 0 Å². The summed E-state index contributed by atoms with van der Waals surface area (Å²) in [6, 6.07) is 34.6. The monoisotopic (exact) mass is 421 g/mol. The van der Waals surface area contributed by atoms with E-state index in [1.807, 2.05) is 87.5 Å². The molecule has 0 bridgehead atoms. The van der Waals surface area contributed by atoms with Crippen molar-refractivity contribution in [2.24, 2.45) is 0 Å². The molecule has 1 heterocycles. The third-order valence-corrected chi connectivity index (χ3v) is 5.03. The Morgan fingerprint density at radius 2 is 1.06 bits per heavy atom. The number of hydrogen-bond acceptors (Lipinski definition) is 2. The lowest BCUT2D eigenvalue weighted by atomic mass is 9.88. The average Bonchev–Trinajstić information content (AvgIpc) is 3.27. The van der Waals surface area contributed by atoms with Crippen LogP contribution in [0.25, 0.3) is 11.1 Å². The van der Waals surface area contributed by atoms with Crippen molar-refractivity contribution in [3.8, 4) is 0 Å². The number of aromatic nitrogens is 1. The van der Waals surface area contributed by atoms with E-state index in [-0.39, 0.29) is 0 Å². The average molecular weight is 422 g/mol. The fourth-order valence-electron chi connectivity index (χ4n) is 3.75. The van der Waals surface area contributed by atoms with Gasteiger partial charge in [0.2, 0.25) is 0 Å². The number of carbonyl (C=O) groups is 1. The molecule has 0 saturated carbocycles. The fourth-order valence-corrected chi connectivity index (χ4v) is 3.75. The van der Waals surface area contributed by atoms with Crippen molar-refractivity contribution in [3.63, 3.8) is 0 Å². The number of benzene rings is 3. The third-order valence-electron chi connectivity index (χ3n) is 5.03. The Morgan fingerprint density at radius 1 is 0.625 bits per heavy atom. The molecule has 0 aliphatic carbocycles. The van der Waals surface area contributed by atoms with Gasteiger partial charge in [0.1, 0.15) is 5.60 Å². The van der Waals surface area contributed by atoms with Crippen molar-refractivity contribution in [2.75, 3.05) is 0 Å². The number of nitrogens with zero attached hydrogens (tertiary/aromatic N) is 1. The smallest absolute Gasteiger partial charge is 0.418 e. The van der Waals surface area contributed by atoms with E-state index in [2.05, 4.69) is 36.4 Å². The van der Waals surface area contributed by atoms with E-state index >= 15 is 0 Å². The molecule has 0 unspecified atom stereocenters. The summed E-state index contributed by atoms with van der Waals surface area (Å²) in [6.07, 6.45) is 1.37. The van der Waals surface area contributed by atoms with Crippen LogP contribution in [0.15, 0.2) is 109 Å². The van der Waals surface area contributed by atoms with Crippen LogP contribution >= 0.6 is 0 Å². The topological polar surface area (TPSA) is 31.2 Å². The van der Waals surface area contributed by atoms with Crippen molar-refractivity contribution in [1.82, 2.24) is 4.57 Å². The van der Waals surface area contributed by atoms with Gasteiger partial charge in [-0.2, -0.15) is 0 Å². The molecule has 0 saturated heterocycles. The summed E-state index contributed by atoms with van der Waals surface area (Å²) in [6.45, 7) is 5.63. The quantitative estimate of drug-likeness (QED) is 0.324. The van der Waals surface area contributed by atoms with Crippen LogP contribution in [-0.4, -0.2) is 16.3 Å². The van der Waals surface area contributed by atoms with Gasteiger partial charge in [-0.05, 0) is 55.2 Å². The molecule has 4 aromatic rings. The zero-order valence-electron chi connectivity index (χ0n) is 18.7. The number of carbonyl (C=O) groups excluding carboxylic acids is 1. The Bertz CT molecular complexity index is 1170. The lowest BCUT2D eigenvalue weighted by Crippen LogP contribution is -2.27. The molecule has 0 atom stereocenters. The van der Waals surface area contributed by atoms with Crippen LogP contribution in [0.2, 0.25) is 0 Å². The maximum absolute atomic E-state index is 13.1. The second-order valence-electron chi connectivity index (χ2n) is 8.59. The largest absolute Gasteiger partial charge is 0.443 e. The van der Waals surface area contributed by atoms with Crippen LogP contribution in [0.4, 0.5) is 4.79 Å². The minimum absolute atomic E-state index is 0.397. The van der Waals surface area contributed by atoms with Gasteiger partial charge in [0.05, 0.1) is 5.69 Å². The van der Waals surface area contributed by atoms with Crippen LogP contribution in [0.1, 0.15) is 43.2 Å². The highest BCUT2D eigenvalue weighted by Crippen LogP contribution is 2.37. The van der Waals surface area contributed by atoms with Gasteiger partial charge in [-0.1, -0.05) is 91.0 Å². The van der Waals surface area contributed by atoms with E-state index in [1.54, 1.807) is 10.8 Å². The van der Waals surface area contributed by atoms with Gasteiger partial charge in [0.25, 0.3) is 0 Å². The van der Waals surface area contributed by atoms with Crippen molar-refractivity contribution >= 4 is 17.2 Å². The lowest BCUT2D eigenvalue weighted by Gasteiger charge is -2.22. The Labute approximate surface area is 189 Å². The second kappa shape index (κ2) is 9.11. The summed E-state index contributed by atoms with van der Waals surface area (Å²) in [5.41, 5.74) is 5.41. The fraction of sp³-hybridized carbons (Fsp3) is 0.138. The Hall–Kier alpha value is -3.85. The molecule has 0 amide bonds. The van der Waals surface area contributed by atoms with E-state index in [0.29, 0.717) is 0 Å². The highest BCUT2D eigenvalue weighted by Gasteiger charge is 2.23. The summed E-state index contributed by atoms with van der Waals surface area (Å²) < 4.78 is 7.30. The first-order valence-corrected chi connectivity index (χ1v) is 10.8. The predicted molar refractivity (Wildman–Crippen MR) is 130 cm³/mol. The molecule has 0 radical (unpaired) electrons. The molecule has 3 nitrogen and oxygen atoms in total. The first-order chi connectivity index (χ1) is 15.4. The Balaban J connectivity index is 2.03. The number of ether oxygens (including phenoxy) is 1. The summed E-state index contributed by atoms with van der Waals surface area (Å²) in [5.74, 6) is 0. The summed E-state index contributed by atoms with van der Waals surface area (Å²) >= 11 is 0. The molecule has 0 N–H and O–H groups in total. The van der Waals surface area contributed by atoms with E-state index in [0.717, 1.165) is 33.5 Å². The number of rotatable bonds is 4. The van der Waals surface area contributed by atoms with Crippen LogP contribution in [0.3, 0.4) is 0 Å². The number of hydrogen-bond donors (Lipinski definition) is 0. The van der Waals surface area contributed by atoms with Gasteiger partial charge < -0.3 is 4.74 Å². The van der Waals surface area contributed by atoms with Crippen molar-refractivity contribution in [3.05, 3.63) is 132 Å². The Kier molecular flexibility index (Phi) is 6.09. The molecule has 4 rings (SSSR count). The highest BCUT2D eigenvalue weighted by atomic mass is 16.6. The van der Waals surface area contributed by atoms with E-state index < -0.39 is 11.7 Å². The predicted octanol–water partition coefficient (Wildman–Crippen LogP) is 7.28. The van der Waals surface area contributed by atoms with Crippen molar-refractivity contribution in [1.29, 1.82) is 0 Å². The molecule has 0 aliphatic heterocycles. The van der Waals surface area contributed by atoms with Gasteiger partial charge in [-0.25, -0.2) is 4.79 Å². The van der Waals surface area contributed by atoms with Crippen molar-refractivity contribution < 1.29 is 9.53 Å². The molecule has 3 aromatic carbocycles. The molecule has 3 heteroatoms. The van der Waals surface area contributed by atoms with Gasteiger partial charge in [0.15, 0.2) is 0 Å². The van der Waals surface area contributed by atoms with Crippen molar-refractivity contribution in [2.45, 2.75) is 26.4 Å². The first kappa shape index (κ1) is 21.4. The standard InChI is InChI=1S/C29H27NO2/c1-29(2,3)32-28(31)30-21-13-20-25(30)27(24-18-11-6-12-19-24)26(22-14-7-4-8-15-22)23-16-9-5-10-17-23/h4-21H,1-3H3. The molecule has 32 heavy (non-hydrogen) atoms. The maximum Gasteiger partial charge on any atom is 0.418 e. The normalized spacial score (nSPS) is 11.1. The van der Waals surface area contributed by atoms with Gasteiger partial charge in [-0.15, -0.1) is 0 Å². The zero-order chi connectivity index (χ0) is 22.6. The van der Waals surface area contributed by atoms with Crippen LogP contribution < -0.4 is 0 Å². The molecule has 160 valence electrons. The van der Waals surface area contributed by atoms with Gasteiger partial charge >= 0.3 is 6.09 Å². The summed E-state index contributed by atoms with van der Waals surface area (Å²) in [4.78, 5) is 13.1. The molecule has 0 aliphatic rings. The molecule has 1 aromatic heterocycles.